The highest BCUT2D eigenvalue weighted by Crippen LogP contribution is 2.24. The minimum Gasteiger partial charge on any atom is -0.494 e. The van der Waals surface area contributed by atoms with Crippen molar-refractivity contribution in [2.24, 2.45) is 0 Å². The second-order valence-electron chi connectivity index (χ2n) is 5.38. The molecule has 0 heterocycles. The van der Waals surface area contributed by atoms with E-state index >= 15 is 0 Å². The van der Waals surface area contributed by atoms with Crippen molar-refractivity contribution in [1.82, 2.24) is 5.32 Å². The van der Waals surface area contributed by atoms with Crippen LogP contribution in [0.25, 0.3) is 0 Å². The molecule has 1 aromatic rings. The van der Waals surface area contributed by atoms with Gasteiger partial charge in [0.1, 0.15) is 5.75 Å². The van der Waals surface area contributed by atoms with Crippen molar-refractivity contribution in [2.75, 3.05) is 13.2 Å². The van der Waals surface area contributed by atoms with Gasteiger partial charge in [-0.3, -0.25) is 0 Å². The number of unbranched alkanes of at least 4 members (excludes halogenated alkanes) is 3. The smallest absolute Gasteiger partial charge is 0.119 e. The Balaban J connectivity index is 2.59. The summed E-state index contributed by atoms with van der Waals surface area (Å²) in [7, 11) is 0. The highest BCUT2D eigenvalue weighted by atomic mass is 16.5. The van der Waals surface area contributed by atoms with Gasteiger partial charge in [-0.2, -0.15) is 0 Å². The average Bonchev–Trinajstić information content (AvgIpc) is 2.48. The lowest BCUT2D eigenvalue weighted by atomic mass is 9.99. The van der Waals surface area contributed by atoms with Crippen molar-refractivity contribution in [2.45, 2.75) is 65.3 Å². The molecule has 1 aromatic carbocycles. The zero-order chi connectivity index (χ0) is 14.6. The minimum atomic E-state index is 0.460. The topological polar surface area (TPSA) is 21.3 Å². The van der Waals surface area contributed by atoms with Crippen LogP contribution < -0.4 is 10.1 Å². The maximum absolute atomic E-state index is 5.74. The van der Waals surface area contributed by atoms with E-state index in [1.165, 1.54) is 37.7 Å². The quantitative estimate of drug-likeness (QED) is 0.568. The van der Waals surface area contributed by atoms with Gasteiger partial charge in [0.05, 0.1) is 6.61 Å². The summed E-state index contributed by atoms with van der Waals surface area (Å²) in [6.45, 7) is 8.39. The molecule has 0 radical (unpaired) electrons. The van der Waals surface area contributed by atoms with Crippen LogP contribution in [-0.2, 0) is 0 Å². The fourth-order valence-corrected chi connectivity index (χ4v) is 2.45. The van der Waals surface area contributed by atoms with Crippen LogP contribution in [0.5, 0.6) is 5.75 Å². The van der Waals surface area contributed by atoms with E-state index in [2.05, 4.69) is 50.4 Å². The Hall–Kier alpha value is -1.02. The van der Waals surface area contributed by atoms with Crippen molar-refractivity contribution >= 4 is 0 Å². The first kappa shape index (κ1) is 17.0. The van der Waals surface area contributed by atoms with Crippen LogP contribution in [-0.4, -0.2) is 13.2 Å². The van der Waals surface area contributed by atoms with Gasteiger partial charge in [-0.15, -0.1) is 0 Å². The summed E-state index contributed by atoms with van der Waals surface area (Å²) < 4.78 is 5.74. The van der Waals surface area contributed by atoms with Gasteiger partial charge in [-0.1, -0.05) is 58.6 Å². The molecule has 1 N–H and O–H groups in total. The van der Waals surface area contributed by atoms with Crippen LogP contribution in [0.15, 0.2) is 24.3 Å². The molecule has 0 fully saturated rings. The lowest BCUT2D eigenvalue weighted by Crippen LogP contribution is -2.20. The molecule has 0 aliphatic rings. The summed E-state index contributed by atoms with van der Waals surface area (Å²) in [5.74, 6) is 1.00. The Morgan fingerprint density at radius 3 is 2.60 bits per heavy atom. The third kappa shape index (κ3) is 6.42. The zero-order valence-corrected chi connectivity index (χ0v) is 13.5. The van der Waals surface area contributed by atoms with Gasteiger partial charge < -0.3 is 10.1 Å². The Bertz CT molecular complexity index is 351. The predicted octanol–water partition coefficient (Wildman–Crippen LogP) is 5.10. The molecule has 0 saturated carbocycles. The number of benzene rings is 1. The molecule has 1 atom stereocenters. The number of hydrogen-bond acceptors (Lipinski definition) is 2. The molecule has 0 aliphatic heterocycles. The predicted molar refractivity (Wildman–Crippen MR) is 87.4 cm³/mol. The molecule has 1 unspecified atom stereocenters. The molecule has 0 spiro atoms. The Kier molecular flexibility index (Phi) is 9.14. The van der Waals surface area contributed by atoms with Gasteiger partial charge in [0.15, 0.2) is 0 Å². The molecule has 0 aromatic heterocycles. The van der Waals surface area contributed by atoms with E-state index in [1.54, 1.807) is 0 Å². The normalized spacial score (nSPS) is 12.3. The number of hydrogen-bond donors (Lipinski definition) is 1. The monoisotopic (exact) mass is 277 g/mol. The van der Waals surface area contributed by atoms with E-state index < -0.39 is 0 Å². The van der Waals surface area contributed by atoms with E-state index in [9.17, 15) is 0 Å². The first-order valence-electron chi connectivity index (χ1n) is 8.27. The van der Waals surface area contributed by atoms with E-state index in [4.69, 9.17) is 4.74 Å². The largest absolute Gasteiger partial charge is 0.494 e. The van der Waals surface area contributed by atoms with Gasteiger partial charge in [0, 0.05) is 6.04 Å². The molecule has 2 nitrogen and oxygen atoms in total. The van der Waals surface area contributed by atoms with Crippen molar-refractivity contribution in [1.29, 1.82) is 0 Å². The molecule has 0 bridgehead atoms. The van der Waals surface area contributed by atoms with Crippen molar-refractivity contribution in [3.05, 3.63) is 29.8 Å². The molecule has 20 heavy (non-hydrogen) atoms. The first-order chi connectivity index (χ1) is 9.81. The second-order valence-corrected chi connectivity index (χ2v) is 5.38. The third-order valence-electron chi connectivity index (χ3n) is 3.53. The van der Waals surface area contributed by atoms with Crippen LogP contribution in [0, 0.1) is 0 Å². The molecular weight excluding hydrogens is 246 g/mol. The SMILES string of the molecule is CCCCCCC(NCC)c1cccc(OCCC)c1. The lowest BCUT2D eigenvalue weighted by molar-refractivity contribution is 0.316. The summed E-state index contributed by atoms with van der Waals surface area (Å²) in [5.41, 5.74) is 1.36. The maximum atomic E-state index is 5.74. The van der Waals surface area contributed by atoms with Crippen LogP contribution >= 0.6 is 0 Å². The lowest BCUT2D eigenvalue weighted by Gasteiger charge is -2.19. The van der Waals surface area contributed by atoms with Crippen molar-refractivity contribution in [3.8, 4) is 5.75 Å². The first-order valence-corrected chi connectivity index (χ1v) is 8.27. The third-order valence-corrected chi connectivity index (χ3v) is 3.53. The fourth-order valence-electron chi connectivity index (χ4n) is 2.45. The second kappa shape index (κ2) is 10.7. The Morgan fingerprint density at radius 1 is 1.05 bits per heavy atom. The van der Waals surface area contributed by atoms with Crippen molar-refractivity contribution in [3.63, 3.8) is 0 Å². The van der Waals surface area contributed by atoms with E-state index in [0.29, 0.717) is 6.04 Å². The summed E-state index contributed by atoms with van der Waals surface area (Å²) in [6, 6.07) is 9.03. The molecule has 114 valence electrons. The maximum Gasteiger partial charge on any atom is 0.119 e. The van der Waals surface area contributed by atoms with Crippen LogP contribution in [0.1, 0.15) is 70.9 Å². The Morgan fingerprint density at radius 2 is 1.90 bits per heavy atom. The van der Waals surface area contributed by atoms with Gasteiger partial charge in [-0.25, -0.2) is 0 Å². The van der Waals surface area contributed by atoms with Crippen LogP contribution in [0.4, 0.5) is 0 Å². The summed E-state index contributed by atoms with van der Waals surface area (Å²) in [6.07, 6.45) is 7.55. The fraction of sp³-hybridized carbons (Fsp3) is 0.667. The van der Waals surface area contributed by atoms with Crippen LogP contribution in [0.3, 0.4) is 0 Å². The van der Waals surface area contributed by atoms with Gasteiger partial charge in [0.2, 0.25) is 0 Å². The zero-order valence-electron chi connectivity index (χ0n) is 13.5. The molecular formula is C18H31NO. The van der Waals surface area contributed by atoms with Crippen LogP contribution in [0.2, 0.25) is 0 Å². The average molecular weight is 277 g/mol. The summed E-state index contributed by atoms with van der Waals surface area (Å²) >= 11 is 0. The molecule has 2 heteroatoms. The molecule has 1 rings (SSSR count). The van der Waals surface area contributed by atoms with Gasteiger partial charge in [0.25, 0.3) is 0 Å². The molecule has 0 amide bonds. The van der Waals surface area contributed by atoms with E-state index in [0.717, 1.165) is 25.3 Å². The number of nitrogens with one attached hydrogen (secondary N) is 1. The number of rotatable bonds is 11. The summed E-state index contributed by atoms with van der Waals surface area (Å²) in [4.78, 5) is 0. The van der Waals surface area contributed by atoms with E-state index in [-0.39, 0.29) is 0 Å². The molecule has 0 saturated heterocycles. The number of ether oxygens (including phenoxy) is 1. The molecule has 0 aliphatic carbocycles. The highest BCUT2D eigenvalue weighted by Gasteiger charge is 2.10. The van der Waals surface area contributed by atoms with Crippen molar-refractivity contribution < 1.29 is 4.74 Å². The van der Waals surface area contributed by atoms with E-state index in [1.807, 2.05) is 0 Å². The summed E-state index contributed by atoms with van der Waals surface area (Å²) in [5, 5.41) is 3.60. The Labute approximate surface area is 124 Å². The standard InChI is InChI=1S/C18H31NO/c1-4-7-8-9-13-18(19-6-3)16-11-10-12-17(15-16)20-14-5-2/h10-12,15,18-19H,4-9,13-14H2,1-3H3. The minimum absolute atomic E-state index is 0.460. The van der Waals surface area contributed by atoms with Gasteiger partial charge in [-0.05, 0) is 37.1 Å². The van der Waals surface area contributed by atoms with Gasteiger partial charge >= 0.3 is 0 Å². The highest BCUT2D eigenvalue weighted by molar-refractivity contribution is 5.30.